The molecule has 1 saturated heterocycles. The van der Waals surface area contributed by atoms with Crippen molar-refractivity contribution in [1.29, 1.82) is 0 Å². The lowest BCUT2D eigenvalue weighted by atomic mass is 9.75. The summed E-state index contributed by atoms with van der Waals surface area (Å²) < 4.78 is 6.31. The molecular weight excluding hydrogens is 357 g/mol. The first kappa shape index (κ1) is 21.1. The molecule has 0 bridgehead atoms. The molecule has 5 heteroatoms. The molecule has 4 rings (SSSR count). The molecule has 0 amide bonds. The summed E-state index contributed by atoms with van der Waals surface area (Å²) in [5, 5.41) is 9.07. The molecule has 1 aliphatic heterocycles. The zero-order valence-electron chi connectivity index (χ0n) is 18.3. The second-order valence-electron chi connectivity index (χ2n) is 9.57. The van der Waals surface area contributed by atoms with Crippen LogP contribution in [0.15, 0.2) is 16.0 Å². The molecule has 3 aliphatic rings. The van der Waals surface area contributed by atoms with Gasteiger partial charge in [0, 0.05) is 11.8 Å². The summed E-state index contributed by atoms with van der Waals surface area (Å²) in [6.07, 6.45) is 23.4. The highest BCUT2D eigenvalue weighted by atomic mass is 16.4. The highest BCUT2D eigenvalue weighted by Gasteiger charge is 2.28. The molecule has 1 saturated carbocycles. The number of aromatic nitrogens is 2. The molecule has 0 aromatic carbocycles. The SMILES string of the molecule is [B](C1=CCCCCC1)N1CCCC(c2nnc(C3CCCCCCCCC3)o2)C1. The minimum atomic E-state index is 0.396. The number of piperidine rings is 1. The normalized spacial score (nSPS) is 26.5. The predicted molar refractivity (Wildman–Crippen MR) is 119 cm³/mol. The van der Waals surface area contributed by atoms with Gasteiger partial charge in [-0.15, -0.1) is 10.2 Å². The molecule has 2 heterocycles. The van der Waals surface area contributed by atoms with Crippen molar-refractivity contribution in [3.8, 4) is 0 Å². The average molecular weight is 396 g/mol. The van der Waals surface area contributed by atoms with Crippen molar-refractivity contribution in [2.24, 2.45) is 0 Å². The fourth-order valence-corrected chi connectivity index (χ4v) is 5.35. The Morgan fingerprint density at radius 2 is 1.41 bits per heavy atom. The van der Waals surface area contributed by atoms with Gasteiger partial charge in [0.05, 0.1) is 0 Å². The first-order valence-corrected chi connectivity index (χ1v) is 12.5. The lowest BCUT2D eigenvalue weighted by molar-refractivity contribution is 0.279. The Morgan fingerprint density at radius 1 is 0.759 bits per heavy atom. The van der Waals surface area contributed by atoms with Crippen LogP contribution < -0.4 is 0 Å². The van der Waals surface area contributed by atoms with Gasteiger partial charge in [-0.2, -0.15) is 0 Å². The van der Waals surface area contributed by atoms with Crippen LogP contribution in [0.25, 0.3) is 0 Å². The van der Waals surface area contributed by atoms with Gasteiger partial charge in [0.1, 0.15) is 0 Å². The molecule has 0 spiro atoms. The van der Waals surface area contributed by atoms with Crippen LogP contribution in [0.5, 0.6) is 0 Å². The topological polar surface area (TPSA) is 42.2 Å². The highest BCUT2D eigenvalue weighted by Crippen LogP contribution is 2.32. The highest BCUT2D eigenvalue weighted by molar-refractivity contribution is 6.42. The first-order chi connectivity index (χ1) is 14.4. The van der Waals surface area contributed by atoms with Crippen LogP contribution in [0, 0.1) is 0 Å². The molecule has 1 aromatic heterocycles. The van der Waals surface area contributed by atoms with E-state index in [-0.39, 0.29) is 0 Å². The van der Waals surface area contributed by atoms with Gasteiger partial charge >= 0.3 is 0 Å². The number of nitrogens with zero attached hydrogens (tertiary/aromatic N) is 3. The molecule has 2 aliphatic carbocycles. The first-order valence-electron chi connectivity index (χ1n) is 12.5. The zero-order valence-corrected chi connectivity index (χ0v) is 18.3. The summed E-state index contributed by atoms with van der Waals surface area (Å²) in [6, 6.07) is 0. The molecule has 1 radical (unpaired) electrons. The Balaban J connectivity index is 1.34. The molecule has 29 heavy (non-hydrogen) atoms. The summed E-state index contributed by atoms with van der Waals surface area (Å²) in [5.74, 6) is 2.70. The molecule has 2 fully saturated rings. The largest absolute Gasteiger partial charge is 0.425 e. The molecule has 1 aromatic rings. The van der Waals surface area contributed by atoms with Crippen LogP contribution in [0.1, 0.15) is 126 Å². The summed E-state index contributed by atoms with van der Waals surface area (Å²) in [5.41, 5.74) is 1.54. The maximum atomic E-state index is 6.31. The van der Waals surface area contributed by atoms with Gasteiger partial charge in [0.15, 0.2) is 0 Å². The molecule has 159 valence electrons. The Hall–Kier alpha value is -1.10. The molecular formula is C24H39BN3O. The van der Waals surface area contributed by atoms with E-state index in [4.69, 9.17) is 4.42 Å². The third-order valence-electron chi connectivity index (χ3n) is 7.14. The van der Waals surface area contributed by atoms with Crippen LogP contribution in [0.4, 0.5) is 0 Å². The lowest BCUT2D eigenvalue weighted by Gasteiger charge is -2.31. The molecule has 4 nitrogen and oxygen atoms in total. The zero-order chi connectivity index (χ0) is 19.7. The summed E-state index contributed by atoms with van der Waals surface area (Å²) >= 11 is 0. The molecule has 1 atom stereocenters. The Kier molecular flexibility index (Phi) is 8.27. The van der Waals surface area contributed by atoms with E-state index in [9.17, 15) is 0 Å². The van der Waals surface area contributed by atoms with Crippen molar-refractivity contribution in [2.45, 2.75) is 115 Å². The third-order valence-corrected chi connectivity index (χ3v) is 7.14. The fraction of sp³-hybridized carbons (Fsp3) is 0.833. The Morgan fingerprint density at radius 3 is 2.21 bits per heavy atom. The smallest absolute Gasteiger partial charge is 0.242 e. The standard InChI is InChI=1S/C24H39BN3O/c1-2-4-8-13-20(14-9-5-3-1)23-26-27-24(29-23)21-15-12-18-28(19-21)25-22-16-10-6-7-11-17-22/h16,20-21H,1-15,17-19H2. The number of hydrogen-bond donors (Lipinski definition) is 0. The molecule has 1 unspecified atom stereocenters. The maximum Gasteiger partial charge on any atom is 0.242 e. The van der Waals surface area contributed by atoms with Gasteiger partial charge < -0.3 is 9.23 Å². The minimum absolute atomic E-state index is 0.396. The van der Waals surface area contributed by atoms with Crippen molar-refractivity contribution < 1.29 is 4.42 Å². The van der Waals surface area contributed by atoms with Crippen LogP contribution in [0.2, 0.25) is 0 Å². The van der Waals surface area contributed by atoms with E-state index in [1.165, 1.54) is 108 Å². The minimum Gasteiger partial charge on any atom is -0.425 e. The van der Waals surface area contributed by atoms with Crippen LogP contribution >= 0.6 is 0 Å². The Bertz CT molecular complexity index is 634. The van der Waals surface area contributed by atoms with E-state index in [1.807, 2.05) is 0 Å². The lowest BCUT2D eigenvalue weighted by Crippen LogP contribution is -2.38. The van der Waals surface area contributed by atoms with Crippen LogP contribution in [-0.2, 0) is 0 Å². The second kappa shape index (κ2) is 11.3. The summed E-state index contributed by atoms with van der Waals surface area (Å²) in [6.45, 7) is 2.20. The number of hydrogen-bond acceptors (Lipinski definition) is 4. The summed E-state index contributed by atoms with van der Waals surface area (Å²) in [4.78, 5) is 2.51. The van der Waals surface area contributed by atoms with E-state index < -0.39 is 0 Å². The van der Waals surface area contributed by atoms with Gasteiger partial charge in [-0.05, 0) is 58.0 Å². The van der Waals surface area contributed by atoms with E-state index in [0.29, 0.717) is 11.8 Å². The van der Waals surface area contributed by atoms with Crippen LogP contribution in [-0.4, -0.2) is 35.5 Å². The summed E-state index contributed by atoms with van der Waals surface area (Å²) in [7, 11) is 2.43. The second-order valence-corrected chi connectivity index (χ2v) is 9.57. The third kappa shape index (κ3) is 6.44. The van der Waals surface area contributed by atoms with Gasteiger partial charge in [-0.3, -0.25) is 0 Å². The van der Waals surface area contributed by atoms with Crippen molar-refractivity contribution in [3.05, 3.63) is 23.3 Å². The van der Waals surface area contributed by atoms with Crippen molar-refractivity contribution in [3.63, 3.8) is 0 Å². The van der Waals surface area contributed by atoms with Crippen molar-refractivity contribution >= 4 is 7.41 Å². The van der Waals surface area contributed by atoms with Crippen molar-refractivity contribution in [1.82, 2.24) is 15.0 Å². The fourth-order valence-electron chi connectivity index (χ4n) is 5.35. The Labute approximate surface area is 178 Å². The van der Waals surface area contributed by atoms with Crippen molar-refractivity contribution in [2.75, 3.05) is 13.1 Å². The van der Waals surface area contributed by atoms with E-state index in [0.717, 1.165) is 24.9 Å². The number of allylic oxidation sites excluding steroid dienone is 2. The predicted octanol–water partition coefficient (Wildman–Crippen LogP) is 6.32. The van der Waals surface area contributed by atoms with Gasteiger partial charge in [0.25, 0.3) is 0 Å². The number of rotatable bonds is 4. The van der Waals surface area contributed by atoms with E-state index in [2.05, 4.69) is 28.5 Å². The van der Waals surface area contributed by atoms with Gasteiger partial charge in [-0.25, -0.2) is 0 Å². The van der Waals surface area contributed by atoms with Gasteiger partial charge in [0.2, 0.25) is 19.2 Å². The monoisotopic (exact) mass is 396 g/mol. The quantitative estimate of drug-likeness (QED) is 0.558. The molecule has 0 N–H and O–H groups in total. The average Bonchev–Trinajstić information content (AvgIpc) is 3.11. The van der Waals surface area contributed by atoms with Crippen LogP contribution in [0.3, 0.4) is 0 Å². The van der Waals surface area contributed by atoms with E-state index in [1.54, 1.807) is 0 Å². The van der Waals surface area contributed by atoms with E-state index >= 15 is 0 Å². The maximum absolute atomic E-state index is 6.31. The van der Waals surface area contributed by atoms with Gasteiger partial charge in [-0.1, -0.05) is 69.3 Å².